The van der Waals surface area contributed by atoms with Gasteiger partial charge in [0.25, 0.3) is 0 Å². The highest BCUT2D eigenvalue weighted by molar-refractivity contribution is 9.10. The third-order valence-corrected chi connectivity index (χ3v) is 5.16. The van der Waals surface area contributed by atoms with Gasteiger partial charge >= 0.3 is 0 Å². The molecule has 1 unspecified atom stereocenters. The Morgan fingerprint density at radius 3 is 2.77 bits per heavy atom. The molecule has 1 atom stereocenters. The van der Waals surface area contributed by atoms with Crippen molar-refractivity contribution in [2.24, 2.45) is 0 Å². The molecule has 0 N–H and O–H groups in total. The Balaban J connectivity index is 1.72. The summed E-state index contributed by atoms with van der Waals surface area (Å²) in [6, 6.07) is 12.0. The molecular weight excluding hydrogens is 380 g/mol. The first-order valence-electron chi connectivity index (χ1n) is 6.83. The van der Waals surface area contributed by atoms with Gasteiger partial charge in [0, 0.05) is 28.9 Å². The molecule has 112 valence electrons. The summed E-state index contributed by atoms with van der Waals surface area (Å²) < 4.78 is 0.874. The topological polar surface area (TPSA) is 16.1 Å². The number of allylic oxidation sites excluding steroid dienone is 2. The molecule has 1 aromatic heterocycles. The van der Waals surface area contributed by atoms with Crippen molar-refractivity contribution in [1.29, 1.82) is 0 Å². The summed E-state index contributed by atoms with van der Waals surface area (Å²) >= 11 is 11.3. The summed E-state index contributed by atoms with van der Waals surface area (Å²) in [5, 5.41) is 1.02. The lowest BCUT2D eigenvalue weighted by Gasteiger charge is -2.30. The van der Waals surface area contributed by atoms with Crippen LogP contribution in [0.3, 0.4) is 0 Å². The van der Waals surface area contributed by atoms with E-state index in [9.17, 15) is 0 Å². The lowest BCUT2D eigenvalue weighted by Crippen LogP contribution is -2.27. The molecule has 22 heavy (non-hydrogen) atoms. The van der Waals surface area contributed by atoms with E-state index in [0.717, 1.165) is 21.1 Å². The maximum atomic E-state index is 5.98. The van der Waals surface area contributed by atoms with Gasteiger partial charge in [0.1, 0.15) is 4.60 Å². The predicted octanol–water partition coefficient (Wildman–Crippen LogP) is 5.65. The number of benzene rings is 1. The van der Waals surface area contributed by atoms with E-state index in [4.69, 9.17) is 11.6 Å². The second-order valence-electron chi connectivity index (χ2n) is 4.80. The second kappa shape index (κ2) is 7.36. The second-order valence-corrected chi connectivity index (χ2v) is 7.15. The zero-order chi connectivity index (χ0) is 15.4. The number of hydrogen-bond donors (Lipinski definition) is 0. The molecule has 5 heteroatoms. The summed E-state index contributed by atoms with van der Waals surface area (Å²) in [6.07, 6.45) is 10.3. The third-order valence-electron chi connectivity index (χ3n) is 3.24. The Hall–Kier alpha value is -1.23. The first-order chi connectivity index (χ1) is 10.7. The minimum Gasteiger partial charge on any atom is -0.332 e. The number of hydrogen-bond acceptors (Lipinski definition) is 3. The normalized spacial score (nSPS) is 17.0. The van der Waals surface area contributed by atoms with Crippen LogP contribution in [0, 0.1) is 0 Å². The molecule has 0 saturated carbocycles. The van der Waals surface area contributed by atoms with E-state index in [0.29, 0.717) is 0 Å². The highest BCUT2D eigenvalue weighted by atomic mass is 79.9. The molecule has 0 amide bonds. The van der Waals surface area contributed by atoms with Crippen molar-refractivity contribution in [1.82, 2.24) is 4.98 Å². The number of thioether (sulfide) groups is 1. The van der Waals surface area contributed by atoms with E-state index in [2.05, 4.69) is 56.3 Å². The van der Waals surface area contributed by atoms with Gasteiger partial charge in [-0.05, 0) is 64.0 Å². The minimum absolute atomic E-state index is 0.262. The molecule has 0 spiro atoms. The number of pyridine rings is 1. The number of anilines is 1. The minimum atomic E-state index is 0.262. The van der Waals surface area contributed by atoms with Gasteiger partial charge < -0.3 is 4.90 Å². The number of rotatable bonds is 4. The lowest BCUT2D eigenvalue weighted by molar-refractivity contribution is 1.01. The van der Waals surface area contributed by atoms with Crippen molar-refractivity contribution in [3.05, 3.63) is 82.2 Å². The van der Waals surface area contributed by atoms with E-state index >= 15 is 0 Å². The number of aromatic nitrogens is 1. The highest BCUT2D eigenvalue weighted by Crippen LogP contribution is 2.30. The Labute approximate surface area is 148 Å². The van der Waals surface area contributed by atoms with Gasteiger partial charge in [-0.15, -0.1) is 11.8 Å². The predicted molar refractivity (Wildman–Crippen MR) is 99.2 cm³/mol. The summed E-state index contributed by atoms with van der Waals surface area (Å²) in [6.45, 7) is 0. The quantitative estimate of drug-likeness (QED) is 0.625. The Bertz CT molecular complexity index is 700. The average molecular weight is 394 g/mol. The smallest absolute Gasteiger partial charge is 0.106 e. The van der Waals surface area contributed by atoms with Gasteiger partial charge in [-0.2, -0.15) is 0 Å². The van der Waals surface area contributed by atoms with Gasteiger partial charge in [-0.1, -0.05) is 23.8 Å². The molecule has 1 aliphatic rings. The molecule has 0 fully saturated rings. The Kier molecular flexibility index (Phi) is 5.24. The van der Waals surface area contributed by atoms with E-state index < -0.39 is 0 Å². The molecule has 3 rings (SSSR count). The fraction of sp³-hybridized carbons (Fsp3) is 0.118. The van der Waals surface area contributed by atoms with Crippen LogP contribution in [0.2, 0.25) is 5.02 Å². The van der Waals surface area contributed by atoms with E-state index in [1.165, 1.54) is 5.56 Å². The molecule has 0 saturated heterocycles. The molecule has 0 bridgehead atoms. The van der Waals surface area contributed by atoms with E-state index in [1.54, 1.807) is 0 Å². The lowest BCUT2D eigenvalue weighted by atomic mass is 10.2. The highest BCUT2D eigenvalue weighted by Gasteiger charge is 2.17. The summed E-state index contributed by atoms with van der Waals surface area (Å²) in [5.41, 5.74) is 2.39. The van der Waals surface area contributed by atoms with Crippen LogP contribution in [-0.4, -0.2) is 10.4 Å². The molecular formula is C17H14BrClN2S. The first-order valence-corrected chi connectivity index (χ1v) is 9.05. The molecule has 1 aliphatic heterocycles. The number of halogens is 2. The summed E-state index contributed by atoms with van der Waals surface area (Å²) in [4.78, 5) is 6.41. The molecule has 2 aromatic rings. The van der Waals surface area contributed by atoms with Gasteiger partial charge in [-0.25, -0.2) is 4.98 Å². The molecule has 0 radical (unpaired) electrons. The standard InChI is InChI=1S/C17H14BrClN2S/c18-16-11-13(8-9-20-16)12-22-17-3-1-2-10-21(17)15-6-4-14(19)5-7-15/h1-11,17H,12H2. The van der Waals surface area contributed by atoms with Crippen molar-refractivity contribution >= 4 is 45.0 Å². The first kappa shape index (κ1) is 15.7. The van der Waals surface area contributed by atoms with Crippen molar-refractivity contribution in [2.75, 3.05) is 4.90 Å². The zero-order valence-electron chi connectivity index (χ0n) is 11.7. The van der Waals surface area contributed by atoms with Gasteiger partial charge in [-0.3, -0.25) is 0 Å². The monoisotopic (exact) mass is 392 g/mol. The van der Waals surface area contributed by atoms with Crippen LogP contribution >= 0.6 is 39.3 Å². The Morgan fingerprint density at radius 2 is 2.00 bits per heavy atom. The summed E-state index contributed by atoms with van der Waals surface area (Å²) in [5.74, 6) is 0.925. The van der Waals surface area contributed by atoms with E-state index in [1.807, 2.05) is 48.3 Å². The zero-order valence-corrected chi connectivity index (χ0v) is 14.9. The maximum absolute atomic E-state index is 5.98. The van der Waals surface area contributed by atoms with Crippen LogP contribution < -0.4 is 4.90 Å². The van der Waals surface area contributed by atoms with Crippen LogP contribution in [0.15, 0.2) is 71.6 Å². The molecule has 2 nitrogen and oxygen atoms in total. The number of nitrogens with zero attached hydrogens (tertiary/aromatic N) is 2. The maximum Gasteiger partial charge on any atom is 0.106 e. The fourth-order valence-electron chi connectivity index (χ4n) is 2.18. The van der Waals surface area contributed by atoms with Crippen molar-refractivity contribution in [3.63, 3.8) is 0 Å². The van der Waals surface area contributed by atoms with Crippen molar-refractivity contribution in [2.45, 2.75) is 11.1 Å². The van der Waals surface area contributed by atoms with Crippen LogP contribution in [0.1, 0.15) is 5.56 Å². The van der Waals surface area contributed by atoms with Gasteiger partial charge in [0.15, 0.2) is 0 Å². The van der Waals surface area contributed by atoms with Crippen molar-refractivity contribution in [3.8, 4) is 0 Å². The van der Waals surface area contributed by atoms with Crippen LogP contribution in [0.4, 0.5) is 5.69 Å². The SMILES string of the molecule is Clc1ccc(N2C=CC=CC2SCc2ccnc(Br)c2)cc1. The average Bonchev–Trinajstić information content (AvgIpc) is 2.54. The Morgan fingerprint density at radius 1 is 1.18 bits per heavy atom. The van der Waals surface area contributed by atoms with Gasteiger partial charge in [0.05, 0.1) is 5.37 Å². The van der Waals surface area contributed by atoms with Crippen LogP contribution in [-0.2, 0) is 5.75 Å². The van der Waals surface area contributed by atoms with E-state index in [-0.39, 0.29) is 5.37 Å². The fourth-order valence-corrected chi connectivity index (χ4v) is 3.81. The molecule has 1 aromatic carbocycles. The van der Waals surface area contributed by atoms with Gasteiger partial charge in [0.2, 0.25) is 0 Å². The third kappa shape index (κ3) is 3.94. The molecule has 0 aliphatic carbocycles. The summed E-state index contributed by atoms with van der Waals surface area (Å²) in [7, 11) is 0. The van der Waals surface area contributed by atoms with Crippen LogP contribution in [0.5, 0.6) is 0 Å². The van der Waals surface area contributed by atoms with Crippen LogP contribution in [0.25, 0.3) is 0 Å². The van der Waals surface area contributed by atoms with Crippen molar-refractivity contribution < 1.29 is 0 Å². The molecule has 2 heterocycles. The largest absolute Gasteiger partial charge is 0.332 e.